The molecule has 3 saturated carbocycles. The predicted octanol–water partition coefficient (Wildman–Crippen LogP) is 13.6. The average molecular weight is 1380 g/mol. The first-order valence-electron chi connectivity index (χ1n) is 33.4. The van der Waals surface area contributed by atoms with Crippen molar-refractivity contribution in [2.45, 2.75) is 195 Å². The molecule has 0 unspecified atom stereocenters. The summed E-state index contributed by atoms with van der Waals surface area (Å²) in [5.41, 5.74) is 15.7. The summed E-state index contributed by atoms with van der Waals surface area (Å²) in [4.78, 5) is 46.9. The van der Waals surface area contributed by atoms with Crippen molar-refractivity contribution in [1.29, 1.82) is 0 Å². The monoisotopic (exact) mass is 1380 g/mol. The topological polar surface area (TPSA) is 201 Å². The van der Waals surface area contributed by atoms with Gasteiger partial charge in [-0.15, -0.1) is 0 Å². The molecule has 20 nitrogen and oxygen atoms in total. The van der Waals surface area contributed by atoms with E-state index in [1.807, 2.05) is 51.3 Å². The molecule has 15 rings (SSSR count). The molecule has 4 aliphatic heterocycles. The molecule has 9 heterocycles. The lowest BCUT2D eigenvalue weighted by atomic mass is 10.1. The zero-order valence-electron chi connectivity index (χ0n) is 56.4. The van der Waals surface area contributed by atoms with E-state index in [-0.39, 0.29) is 24.4 Å². The highest BCUT2D eigenvalue weighted by Crippen LogP contribution is 2.39. The Balaban J connectivity index is 0.000000124. The van der Waals surface area contributed by atoms with Crippen LogP contribution in [0.1, 0.15) is 138 Å². The number of fused-ring (bicyclic) bond motifs is 4. The van der Waals surface area contributed by atoms with Gasteiger partial charge in [-0.3, -0.25) is 4.98 Å². The first-order chi connectivity index (χ1) is 45.8. The van der Waals surface area contributed by atoms with Gasteiger partial charge in [-0.05, 0) is 212 Å². The quantitative estimate of drug-likeness (QED) is 0.104. The minimum absolute atomic E-state index is 0.0632. The molecule has 4 atom stereocenters. The minimum Gasteiger partial charge on any atom is -0.490 e. The Bertz CT molecular complexity index is 4090. The lowest BCUT2D eigenvalue weighted by molar-refractivity contribution is 0.0581. The van der Waals surface area contributed by atoms with Gasteiger partial charge in [-0.1, -0.05) is 0 Å². The van der Waals surface area contributed by atoms with Crippen LogP contribution in [0.5, 0.6) is 17.2 Å². The summed E-state index contributed by atoms with van der Waals surface area (Å²) in [5, 5.41) is 0.313. The molecular weight excluding hydrogens is 1290 g/mol. The van der Waals surface area contributed by atoms with Crippen molar-refractivity contribution in [3.05, 3.63) is 139 Å². The molecule has 3 aliphatic carbocycles. The van der Waals surface area contributed by atoms with E-state index < -0.39 is 11.9 Å². The maximum atomic E-state index is 12.2. The number of aryl methyl sites for hydroxylation is 5. The number of carbonyl (C=O) groups excluding carboxylic acids is 2. The summed E-state index contributed by atoms with van der Waals surface area (Å²) < 4.78 is 60.1. The average Bonchev–Trinajstić information content (AvgIpc) is 1.65. The van der Waals surface area contributed by atoms with E-state index in [1.54, 1.807) is 0 Å². The van der Waals surface area contributed by atoms with Crippen LogP contribution in [0.2, 0.25) is 5.28 Å². The van der Waals surface area contributed by atoms with Crippen LogP contribution in [0.25, 0.3) is 45.4 Å². The maximum absolute atomic E-state index is 12.2. The summed E-state index contributed by atoms with van der Waals surface area (Å²) in [7, 11) is 2.72. The van der Waals surface area contributed by atoms with Crippen molar-refractivity contribution < 1.29 is 52.2 Å². The highest BCUT2D eigenvalue weighted by Gasteiger charge is 2.32. The summed E-state index contributed by atoms with van der Waals surface area (Å²) in [6, 6.07) is 23.2. The molecule has 3 fully saturated rings. The smallest absolute Gasteiger partial charge is 0.358 e. The van der Waals surface area contributed by atoms with E-state index >= 15 is 0 Å². The summed E-state index contributed by atoms with van der Waals surface area (Å²) >= 11 is 9.61. The second-order valence-electron chi connectivity index (χ2n) is 26.0. The number of nitrogens with zero attached hydrogens (tertiary/aromatic N) is 9. The third-order valence-electron chi connectivity index (χ3n) is 17.8. The van der Waals surface area contributed by atoms with Gasteiger partial charge < -0.3 is 60.9 Å². The fourth-order valence-corrected chi connectivity index (χ4v) is 13.4. The van der Waals surface area contributed by atoms with E-state index in [0.717, 1.165) is 153 Å². The van der Waals surface area contributed by atoms with Crippen LogP contribution in [0.4, 0.5) is 0 Å². The number of carbonyl (C=O) groups is 2. The fraction of sp³-hybridized carbons (Fsp3) is 0.493. The van der Waals surface area contributed by atoms with Crippen LogP contribution in [0, 0.1) is 34.6 Å². The van der Waals surface area contributed by atoms with E-state index in [2.05, 4.69) is 132 Å². The lowest BCUT2D eigenvalue weighted by Gasteiger charge is -2.14. The number of benzene rings is 3. The van der Waals surface area contributed by atoms with Crippen LogP contribution < -0.4 is 14.2 Å². The first kappa shape index (κ1) is 67.6. The van der Waals surface area contributed by atoms with Gasteiger partial charge in [0.2, 0.25) is 5.28 Å². The number of hydrogen-bond donors (Lipinski definition) is 0. The summed E-state index contributed by atoms with van der Waals surface area (Å²) in [6.45, 7) is 24.1. The number of aromatic nitrogens is 9. The van der Waals surface area contributed by atoms with E-state index in [1.165, 1.54) is 56.9 Å². The van der Waals surface area contributed by atoms with Crippen molar-refractivity contribution >= 4 is 39.5 Å². The Morgan fingerprint density at radius 1 is 0.453 bits per heavy atom. The number of hydrogen-bond acceptors (Lipinski definition) is 16. The standard InChI is InChI=1S/C25H29N3O2.C20H24N2O4.C18H21BrN2O2.C10H13ClN2O3/c1-15-11-19(5-8-23(15)30-21-6-7-21)25-27-24(20-12-16(2)26-17(3)13-20)22-9-10-29-18(4)14-28(22)25;1-12-10-14(4-7-17(12)26-15-5-6-15)19-21-18(20(23)24-3)16-8-9-25-13(2)11-22(16)19;1-11-9-13(3-6-16(11)23-14-4-5-14)18-20-17(19)15-7-8-22-12(2)10-21(15)18;1-6-5-13-7(3-4-16-6)8(9(14)15-2)12-10(13)11/h5,8,11-13,18,21H,6-7,9-10,14H2,1-4H3;4,7,10,13,15H,5-6,8-9,11H2,1-3H3;3,6,9,12,14H,4-5,7-8,10H2,1-2H3;6H,3-5H2,1-2H3/t18-;13-;12-;6-/m1111/s1. The lowest BCUT2D eigenvalue weighted by Crippen LogP contribution is -2.15. The molecule has 0 amide bonds. The normalized spacial score (nSPS) is 19.7. The van der Waals surface area contributed by atoms with Gasteiger partial charge in [-0.25, -0.2) is 29.5 Å². The first-order valence-corrected chi connectivity index (χ1v) is 34.6. The summed E-state index contributed by atoms with van der Waals surface area (Å²) in [5.74, 6) is 4.83. The molecule has 504 valence electrons. The molecule has 0 saturated heterocycles. The van der Waals surface area contributed by atoms with Gasteiger partial charge in [-0.2, -0.15) is 0 Å². The Kier molecular flexibility index (Phi) is 21.0. The molecule has 8 aromatic rings. The third-order valence-corrected chi connectivity index (χ3v) is 18.7. The van der Waals surface area contributed by atoms with Gasteiger partial charge in [0.1, 0.15) is 39.3 Å². The highest BCUT2D eigenvalue weighted by molar-refractivity contribution is 9.10. The number of rotatable bonds is 12. The molecule has 0 spiro atoms. The zero-order valence-corrected chi connectivity index (χ0v) is 58.7. The predicted molar refractivity (Wildman–Crippen MR) is 365 cm³/mol. The van der Waals surface area contributed by atoms with Crippen molar-refractivity contribution in [2.75, 3.05) is 40.6 Å². The molecule has 0 N–H and O–H groups in total. The molecule has 95 heavy (non-hydrogen) atoms. The van der Waals surface area contributed by atoms with Crippen molar-refractivity contribution in [3.8, 4) is 62.7 Å². The highest BCUT2D eigenvalue weighted by atomic mass is 79.9. The van der Waals surface area contributed by atoms with Crippen LogP contribution in [-0.4, -0.2) is 139 Å². The van der Waals surface area contributed by atoms with E-state index in [4.69, 9.17) is 59.5 Å². The second kappa shape index (κ2) is 29.5. The van der Waals surface area contributed by atoms with Gasteiger partial charge in [0, 0.05) is 65.0 Å². The van der Waals surface area contributed by atoms with Gasteiger partial charge in [0.25, 0.3) is 0 Å². The van der Waals surface area contributed by atoms with Gasteiger partial charge in [0.15, 0.2) is 11.4 Å². The largest absolute Gasteiger partial charge is 0.490 e. The number of methoxy groups -OCH3 is 2. The number of ether oxygens (including phenoxy) is 9. The third kappa shape index (κ3) is 16.0. The maximum Gasteiger partial charge on any atom is 0.358 e. The molecular formula is C73H87BrClN9O11. The van der Waals surface area contributed by atoms with E-state index in [0.29, 0.717) is 74.1 Å². The van der Waals surface area contributed by atoms with Crippen LogP contribution in [-0.2, 0) is 80.3 Å². The number of halogens is 2. The van der Waals surface area contributed by atoms with Crippen LogP contribution >= 0.6 is 27.5 Å². The number of esters is 2. The Labute approximate surface area is 569 Å². The molecule has 3 aromatic carbocycles. The van der Waals surface area contributed by atoms with Crippen LogP contribution in [0.15, 0.2) is 71.3 Å². The Morgan fingerprint density at radius 3 is 1.23 bits per heavy atom. The zero-order chi connectivity index (χ0) is 66.8. The molecule has 22 heteroatoms. The molecule has 5 aromatic heterocycles. The molecule has 7 aliphatic rings. The Hall–Kier alpha value is -7.40. The van der Waals surface area contributed by atoms with E-state index in [9.17, 15) is 9.59 Å². The van der Waals surface area contributed by atoms with Crippen LogP contribution in [0.3, 0.4) is 0 Å². The van der Waals surface area contributed by atoms with Gasteiger partial charge in [0.05, 0.1) is 132 Å². The Morgan fingerprint density at radius 2 is 0.811 bits per heavy atom. The second-order valence-corrected chi connectivity index (χ2v) is 27.1. The van der Waals surface area contributed by atoms with Crippen molar-refractivity contribution in [1.82, 2.24) is 43.2 Å². The van der Waals surface area contributed by atoms with Crippen molar-refractivity contribution in [3.63, 3.8) is 0 Å². The minimum atomic E-state index is -0.454. The summed E-state index contributed by atoms with van der Waals surface area (Å²) in [6.07, 6.45) is 11.7. The van der Waals surface area contributed by atoms with Gasteiger partial charge >= 0.3 is 11.9 Å². The number of pyridine rings is 1. The van der Waals surface area contributed by atoms with Crippen molar-refractivity contribution in [2.24, 2.45) is 0 Å². The number of imidazole rings is 4. The molecule has 0 radical (unpaired) electrons. The fourth-order valence-electron chi connectivity index (χ4n) is 12.6. The SMILES string of the molecule is COC(=O)c1nc(-c2ccc(OC3CC3)c(C)c2)n2c1CCO[C@H](C)C2.COC(=O)c1nc(Cl)n2c1CCO[C@H](C)C2.Cc1cc(-c2nc(-c3ccc(OC4CC4)c(C)c3)n3c2CCO[C@H](C)C3)cc(C)n1.Cc1cc(-c2nc(Br)c3n2C[C@@H](C)OCC3)ccc1OC1CC1. The molecule has 0 bridgehead atoms.